The van der Waals surface area contributed by atoms with Crippen LogP contribution in [-0.4, -0.2) is 38.2 Å². The van der Waals surface area contributed by atoms with Crippen LogP contribution in [0.1, 0.15) is 44.2 Å². The molecule has 0 saturated carbocycles. The molecular formula is C17H30Cl2N2O. The fourth-order valence-corrected chi connectivity index (χ4v) is 3.06. The number of ether oxygens (including phenoxy) is 1. The molecule has 2 rings (SSSR count). The highest BCUT2D eigenvalue weighted by atomic mass is 35.5. The van der Waals surface area contributed by atoms with Crippen molar-refractivity contribution in [3.63, 3.8) is 0 Å². The summed E-state index contributed by atoms with van der Waals surface area (Å²) in [5.74, 6) is 1.03. The Kier molecular flexibility index (Phi) is 11.7. The third-order valence-corrected chi connectivity index (χ3v) is 4.17. The maximum Gasteiger partial charge on any atom is 0.123 e. The van der Waals surface area contributed by atoms with Crippen LogP contribution in [0.3, 0.4) is 0 Å². The summed E-state index contributed by atoms with van der Waals surface area (Å²) in [6, 6.07) is 9.01. The van der Waals surface area contributed by atoms with E-state index in [9.17, 15) is 0 Å². The maximum absolute atomic E-state index is 5.58. The number of nitrogens with zero attached hydrogens (tertiary/aromatic N) is 1. The van der Waals surface area contributed by atoms with E-state index in [2.05, 4.69) is 41.4 Å². The molecule has 0 spiro atoms. The van der Waals surface area contributed by atoms with Gasteiger partial charge in [-0.15, -0.1) is 24.8 Å². The second-order valence-corrected chi connectivity index (χ2v) is 5.54. The molecule has 1 fully saturated rings. The first kappa shape index (κ1) is 21.5. The van der Waals surface area contributed by atoms with Crippen LogP contribution in [0.15, 0.2) is 24.3 Å². The predicted molar refractivity (Wildman–Crippen MR) is 98.8 cm³/mol. The van der Waals surface area contributed by atoms with Gasteiger partial charge in [0.2, 0.25) is 0 Å². The van der Waals surface area contributed by atoms with Gasteiger partial charge in [-0.1, -0.05) is 44.4 Å². The number of unbranched alkanes of at least 4 members (excludes halogenated alkanes) is 2. The third kappa shape index (κ3) is 5.96. The molecule has 0 amide bonds. The standard InChI is InChI=1S/C17H28N2O.2ClH/c1-3-4-5-9-16(19-13-11-18-12-14-19)15-8-6-7-10-17(15)20-2;;/h6-8,10,16,18H,3-5,9,11-14H2,1-2H3;2*1H/t16-;;/m1../s1. The number of hydrogen-bond acceptors (Lipinski definition) is 3. The van der Waals surface area contributed by atoms with Crippen molar-refractivity contribution in [2.24, 2.45) is 0 Å². The van der Waals surface area contributed by atoms with Gasteiger partial charge in [0.25, 0.3) is 0 Å². The molecule has 0 aromatic heterocycles. The Hall–Kier alpha value is -0.480. The SMILES string of the molecule is CCCCC[C@H](c1ccccc1OC)N1CCNCC1.Cl.Cl. The minimum Gasteiger partial charge on any atom is -0.496 e. The van der Waals surface area contributed by atoms with Crippen molar-refractivity contribution in [1.82, 2.24) is 10.2 Å². The molecule has 0 radical (unpaired) electrons. The van der Waals surface area contributed by atoms with E-state index in [-0.39, 0.29) is 24.8 Å². The molecule has 0 unspecified atom stereocenters. The van der Waals surface area contributed by atoms with Crippen molar-refractivity contribution >= 4 is 24.8 Å². The first-order chi connectivity index (χ1) is 9.86. The average Bonchev–Trinajstić information content (AvgIpc) is 2.52. The van der Waals surface area contributed by atoms with Crippen molar-refractivity contribution < 1.29 is 4.74 Å². The first-order valence-corrected chi connectivity index (χ1v) is 7.94. The summed E-state index contributed by atoms with van der Waals surface area (Å²) in [5, 5.41) is 3.44. The molecule has 0 bridgehead atoms. The van der Waals surface area contributed by atoms with Crippen LogP contribution in [0, 0.1) is 0 Å². The lowest BCUT2D eigenvalue weighted by Crippen LogP contribution is -2.45. The number of methoxy groups -OCH3 is 1. The molecule has 22 heavy (non-hydrogen) atoms. The number of hydrogen-bond donors (Lipinski definition) is 1. The zero-order valence-corrected chi connectivity index (χ0v) is 15.3. The highest BCUT2D eigenvalue weighted by Crippen LogP contribution is 2.33. The normalized spacial score (nSPS) is 16.3. The summed E-state index contributed by atoms with van der Waals surface area (Å²) < 4.78 is 5.58. The summed E-state index contributed by atoms with van der Waals surface area (Å²) in [7, 11) is 1.78. The van der Waals surface area contributed by atoms with E-state index < -0.39 is 0 Å². The van der Waals surface area contributed by atoms with Crippen molar-refractivity contribution in [3.05, 3.63) is 29.8 Å². The minimum absolute atomic E-state index is 0. The van der Waals surface area contributed by atoms with Gasteiger partial charge in [0.15, 0.2) is 0 Å². The number of nitrogens with one attached hydrogen (secondary N) is 1. The Bertz CT molecular complexity index is 398. The number of halogens is 2. The van der Waals surface area contributed by atoms with Crippen LogP contribution in [0.25, 0.3) is 0 Å². The average molecular weight is 349 g/mol. The number of piperazine rings is 1. The van der Waals surface area contributed by atoms with Crippen LogP contribution < -0.4 is 10.1 Å². The minimum atomic E-state index is 0. The molecule has 1 saturated heterocycles. The van der Waals surface area contributed by atoms with E-state index in [0.717, 1.165) is 31.9 Å². The number of para-hydroxylation sites is 1. The van der Waals surface area contributed by atoms with Gasteiger partial charge in [0, 0.05) is 37.8 Å². The number of rotatable bonds is 7. The lowest BCUT2D eigenvalue weighted by molar-refractivity contribution is 0.160. The van der Waals surface area contributed by atoms with Crippen LogP contribution in [0.2, 0.25) is 0 Å². The van der Waals surface area contributed by atoms with Crippen molar-refractivity contribution in [1.29, 1.82) is 0 Å². The zero-order chi connectivity index (χ0) is 14.2. The molecule has 1 N–H and O–H groups in total. The van der Waals surface area contributed by atoms with Gasteiger partial charge >= 0.3 is 0 Å². The molecule has 1 aliphatic rings. The molecule has 1 aromatic rings. The Morgan fingerprint density at radius 3 is 2.45 bits per heavy atom. The van der Waals surface area contributed by atoms with Gasteiger partial charge in [-0.2, -0.15) is 0 Å². The van der Waals surface area contributed by atoms with Crippen molar-refractivity contribution in [2.45, 2.75) is 38.6 Å². The fraction of sp³-hybridized carbons (Fsp3) is 0.647. The van der Waals surface area contributed by atoms with E-state index >= 15 is 0 Å². The molecule has 1 aromatic carbocycles. The van der Waals surface area contributed by atoms with Gasteiger partial charge in [-0.3, -0.25) is 4.90 Å². The molecule has 5 heteroatoms. The van der Waals surface area contributed by atoms with E-state index in [4.69, 9.17) is 4.74 Å². The highest BCUT2D eigenvalue weighted by Gasteiger charge is 2.24. The van der Waals surface area contributed by atoms with Gasteiger partial charge in [-0.05, 0) is 12.5 Å². The molecule has 1 aliphatic heterocycles. The Labute approximate surface area is 147 Å². The number of benzene rings is 1. The summed E-state index contributed by atoms with van der Waals surface area (Å²) in [6.45, 7) is 6.73. The summed E-state index contributed by atoms with van der Waals surface area (Å²) in [4.78, 5) is 2.62. The van der Waals surface area contributed by atoms with Crippen LogP contribution in [0.4, 0.5) is 0 Å². The Balaban J connectivity index is 0.00000220. The smallest absolute Gasteiger partial charge is 0.123 e. The summed E-state index contributed by atoms with van der Waals surface area (Å²) in [5.41, 5.74) is 1.35. The molecule has 128 valence electrons. The summed E-state index contributed by atoms with van der Waals surface area (Å²) in [6.07, 6.45) is 5.12. The monoisotopic (exact) mass is 348 g/mol. The highest BCUT2D eigenvalue weighted by molar-refractivity contribution is 5.85. The first-order valence-electron chi connectivity index (χ1n) is 7.94. The maximum atomic E-state index is 5.58. The van der Waals surface area contributed by atoms with Crippen LogP contribution >= 0.6 is 24.8 Å². The Morgan fingerprint density at radius 2 is 1.82 bits per heavy atom. The van der Waals surface area contributed by atoms with Gasteiger partial charge < -0.3 is 10.1 Å². The predicted octanol–water partition coefficient (Wildman–Crippen LogP) is 4.07. The van der Waals surface area contributed by atoms with E-state index in [1.54, 1.807) is 7.11 Å². The second-order valence-electron chi connectivity index (χ2n) is 5.54. The van der Waals surface area contributed by atoms with Gasteiger partial charge in [0.1, 0.15) is 5.75 Å². The summed E-state index contributed by atoms with van der Waals surface area (Å²) >= 11 is 0. The largest absolute Gasteiger partial charge is 0.496 e. The van der Waals surface area contributed by atoms with Crippen LogP contribution in [0.5, 0.6) is 5.75 Å². The lowest BCUT2D eigenvalue weighted by Gasteiger charge is -2.36. The van der Waals surface area contributed by atoms with Crippen molar-refractivity contribution in [3.8, 4) is 5.75 Å². The zero-order valence-electron chi connectivity index (χ0n) is 13.7. The third-order valence-electron chi connectivity index (χ3n) is 4.17. The van der Waals surface area contributed by atoms with E-state index in [0.29, 0.717) is 6.04 Å². The van der Waals surface area contributed by atoms with Crippen molar-refractivity contribution in [2.75, 3.05) is 33.3 Å². The lowest BCUT2D eigenvalue weighted by atomic mass is 9.97. The second kappa shape index (κ2) is 12.0. The molecule has 3 nitrogen and oxygen atoms in total. The fourth-order valence-electron chi connectivity index (χ4n) is 3.06. The molecule has 1 atom stereocenters. The van der Waals surface area contributed by atoms with Crippen LogP contribution in [-0.2, 0) is 0 Å². The topological polar surface area (TPSA) is 24.5 Å². The van der Waals surface area contributed by atoms with Gasteiger partial charge in [0.05, 0.1) is 7.11 Å². The van der Waals surface area contributed by atoms with E-state index in [1.165, 1.54) is 31.2 Å². The molecular weight excluding hydrogens is 319 g/mol. The quantitative estimate of drug-likeness (QED) is 0.751. The van der Waals surface area contributed by atoms with Gasteiger partial charge in [-0.25, -0.2) is 0 Å². The Morgan fingerprint density at radius 1 is 1.14 bits per heavy atom. The molecule has 1 heterocycles. The van der Waals surface area contributed by atoms with E-state index in [1.807, 2.05) is 0 Å². The molecule has 0 aliphatic carbocycles.